The second-order valence-corrected chi connectivity index (χ2v) is 3.97. The molecule has 0 aromatic rings. The normalized spacial score (nSPS) is 9.00. The monoisotopic (exact) mass is 252 g/mol. The van der Waals surface area contributed by atoms with Crippen molar-refractivity contribution in [2.45, 2.75) is 20.3 Å². The van der Waals surface area contributed by atoms with E-state index in [4.69, 9.17) is 10.2 Å². The van der Waals surface area contributed by atoms with Crippen LogP contribution < -0.4 is 0 Å². The molecule has 0 fully saturated rings. The smallest absolute Gasteiger partial charge is 0.313 e. The van der Waals surface area contributed by atoms with Gasteiger partial charge in [0, 0.05) is 11.5 Å². The summed E-state index contributed by atoms with van der Waals surface area (Å²) in [5.41, 5.74) is 0. The van der Waals surface area contributed by atoms with E-state index in [1.807, 2.05) is 0 Å². The third kappa shape index (κ3) is 19.1. The number of hydrogen-bond donors (Lipinski definition) is 2. The summed E-state index contributed by atoms with van der Waals surface area (Å²) in [6.07, 6.45) is -0.103. The van der Waals surface area contributed by atoms with Gasteiger partial charge in [0.2, 0.25) is 0 Å². The zero-order chi connectivity index (χ0) is 12.8. The van der Waals surface area contributed by atoms with Crippen LogP contribution in [0.4, 0.5) is 0 Å². The van der Waals surface area contributed by atoms with E-state index in [2.05, 4.69) is 4.74 Å². The van der Waals surface area contributed by atoms with Gasteiger partial charge in [-0.05, 0) is 13.8 Å². The standard InChI is InChI=1S/C6H10O3.C4H10O2S/c1-3-9-6(8)4-5(2)7;5-1-3-7-4-2-6/h3-4H2,1-2H3;5-6H,1-4H2. The molecule has 96 valence electrons. The molecule has 0 rings (SSSR count). The number of ketones is 1. The number of hydrogen-bond acceptors (Lipinski definition) is 6. The lowest BCUT2D eigenvalue weighted by Crippen LogP contribution is -2.07. The van der Waals surface area contributed by atoms with Crippen molar-refractivity contribution in [3.63, 3.8) is 0 Å². The highest BCUT2D eigenvalue weighted by molar-refractivity contribution is 7.99. The van der Waals surface area contributed by atoms with Crippen molar-refractivity contribution in [3.8, 4) is 0 Å². The molecule has 0 spiro atoms. The molecule has 0 amide bonds. The molecule has 0 unspecified atom stereocenters. The molecule has 16 heavy (non-hydrogen) atoms. The molecule has 0 aliphatic rings. The van der Waals surface area contributed by atoms with Gasteiger partial charge in [0.25, 0.3) is 0 Å². The van der Waals surface area contributed by atoms with Crippen LogP contribution in [0.15, 0.2) is 0 Å². The van der Waals surface area contributed by atoms with E-state index in [1.54, 1.807) is 18.7 Å². The van der Waals surface area contributed by atoms with Crippen LogP contribution in [0.5, 0.6) is 0 Å². The first kappa shape index (κ1) is 17.8. The largest absolute Gasteiger partial charge is 0.466 e. The van der Waals surface area contributed by atoms with Gasteiger partial charge in [0.1, 0.15) is 12.2 Å². The molecule has 5 nitrogen and oxygen atoms in total. The second kappa shape index (κ2) is 14.4. The van der Waals surface area contributed by atoms with E-state index in [0.29, 0.717) is 6.61 Å². The van der Waals surface area contributed by atoms with Crippen molar-refractivity contribution in [2.75, 3.05) is 31.3 Å². The van der Waals surface area contributed by atoms with Crippen molar-refractivity contribution in [3.05, 3.63) is 0 Å². The lowest BCUT2D eigenvalue weighted by atomic mass is 10.3. The molecule has 0 saturated carbocycles. The number of aliphatic hydroxyl groups excluding tert-OH is 2. The van der Waals surface area contributed by atoms with Crippen LogP contribution in [0, 0.1) is 0 Å². The van der Waals surface area contributed by atoms with Gasteiger partial charge in [-0.1, -0.05) is 0 Å². The fraction of sp³-hybridized carbons (Fsp3) is 0.800. The highest BCUT2D eigenvalue weighted by Gasteiger charge is 2.03. The first-order valence-electron chi connectivity index (χ1n) is 5.03. The summed E-state index contributed by atoms with van der Waals surface area (Å²) in [7, 11) is 0. The van der Waals surface area contributed by atoms with Gasteiger partial charge >= 0.3 is 5.97 Å². The highest BCUT2D eigenvalue weighted by atomic mass is 32.2. The molecule has 0 saturated heterocycles. The quantitative estimate of drug-likeness (QED) is 0.383. The molecular weight excluding hydrogens is 232 g/mol. The van der Waals surface area contributed by atoms with Gasteiger partial charge in [-0.2, -0.15) is 11.8 Å². The van der Waals surface area contributed by atoms with Crippen LogP contribution in [-0.4, -0.2) is 53.3 Å². The van der Waals surface area contributed by atoms with Gasteiger partial charge < -0.3 is 14.9 Å². The maximum absolute atomic E-state index is 10.4. The van der Waals surface area contributed by atoms with Crippen LogP contribution in [0.3, 0.4) is 0 Å². The first-order valence-corrected chi connectivity index (χ1v) is 6.18. The molecule has 2 N–H and O–H groups in total. The average molecular weight is 252 g/mol. The van der Waals surface area contributed by atoms with Crippen molar-refractivity contribution >= 4 is 23.5 Å². The average Bonchev–Trinajstić information content (AvgIpc) is 2.18. The van der Waals surface area contributed by atoms with Gasteiger partial charge in [0.15, 0.2) is 0 Å². The molecular formula is C10H20O5S. The van der Waals surface area contributed by atoms with E-state index in [9.17, 15) is 9.59 Å². The minimum absolute atomic E-state index is 0.103. The molecule has 0 aromatic carbocycles. The van der Waals surface area contributed by atoms with Gasteiger partial charge in [0.05, 0.1) is 19.8 Å². The highest BCUT2D eigenvalue weighted by Crippen LogP contribution is 1.94. The maximum atomic E-state index is 10.4. The number of esters is 1. The fourth-order valence-electron chi connectivity index (χ4n) is 0.646. The fourth-order valence-corrected chi connectivity index (χ4v) is 1.11. The zero-order valence-electron chi connectivity index (χ0n) is 9.77. The molecule has 0 aromatic heterocycles. The third-order valence-corrected chi connectivity index (χ3v) is 2.11. The van der Waals surface area contributed by atoms with Crippen LogP contribution in [0.25, 0.3) is 0 Å². The topological polar surface area (TPSA) is 83.8 Å². The summed E-state index contributed by atoms with van der Waals surface area (Å²) in [4.78, 5) is 20.6. The summed E-state index contributed by atoms with van der Waals surface area (Å²) >= 11 is 1.55. The van der Waals surface area contributed by atoms with Crippen molar-refractivity contribution in [2.24, 2.45) is 0 Å². The maximum Gasteiger partial charge on any atom is 0.313 e. The van der Waals surface area contributed by atoms with E-state index in [-0.39, 0.29) is 25.4 Å². The Morgan fingerprint density at radius 2 is 1.69 bits per heavy atom. The van der Waals surface area contributed by atoms with Gasteiger partial charge in [-0.3, -0.25) is 9.59 Å². The van der Waals surface area contributed by atoms with Crippen molar-refractivity contribution in [1.29, 1.82) is 0 Å². The Bertz CT molecular complexity index is 180. The minimum Gasteiger partial charge on any atom is -0.466 e. The van der Waals surface area contributed by atoms with Gasteiger partial charge in [-0.15, -0.1) is 0 Å². The number of ether oxygens (including phenoxy) is 1. The van der Waals surface area contributed by atoms with Crippen molar-refractivity contribution < 1.29 is 24.5 Å². The minimum atomic E-state index is -0.440. The Labute approximate surface area is 100 Å². The molecule has 0 radical (unpaired) electrons. The summed E-state index contributed by atoms with van der Waals surface area (Å²) in [6, 6.07) is 0. The number of Topliss-reactive ketones (excluding diaryl/α,β-unsaturated/α-hetero) is 1. The summed E-state index contributed by atoms with van der Waals surface area (Å²) < 4.78 is 4.49. The van der Waals surface area contributed by atoms with Crippen LogP contribution in [0.1, 0.15) is 20.3 Å². The number of rotatable bonds is 7. The Balaban J connectivity index is 0. The number of thioether (sulfide) groups is 1. The molecule has 0 heterocycles. The first-order chi connectivity index (χ1) is 7.58. The Morgan fingerprint density at radius 1 is 1.19 bits per heavy atom. The van der Waals surface area contributed by atoms with E-state index in [0.717, 1.165) is 11.5 Å². The number of carbonyl (C=O) groups is 2. The summed E-state index contributed by atoms with van der Waals surface area (Å²) in [6.45, 7) is 3.83. The predicted molar refractivity (Wildman–Crippen MR) is 63.4 cm³/mol. The predicted octanol–water partition coefficient (Wildman–Crippen LogP) is 0.233. The van der Waals surface area contributed by atoms with Crippen LogP contribution in [-0.2, 0) is 14.3 Å². The van der Waals surface area contributed by atoms with Gasteiger partial charge in [-0.25, -0.2) is 0 Å². The molecule has 0 atom stereocenters. The molecule has 0 bridgehead atoms. The van der Waals surface area contributed by atoms with Crippen LogP contribution in [0.2, 0.25) is 0 Å². The molecule has 0 aliphatic heterocycles. The number of carbonyl (C=O) groups excluding carboxylic acids is 2. The summed E-state index contributed by atoms with van der Waals surface area (Å²) in [5, 5.41) is 16.4. The van der Waals surface area contributed by atoms with Crippen LogP contribution >= 0.6 is 11.8 Å². The Morgan fingerprint density at radius 3 is 2.00 bits per heavy atom. The zero-order valence-corrected chi connectivity index (χ0v) is 10.6. The van der Waals surface area contributed by atoms with E-state index >= 15 is 0 Å². The third-order valence-electron chi connectivity index (χ3n) is 1.17. The second-order valence-electron chi connectivity index (χ2n) is 2.74. The SMILES string of the molecule is CCOC(=O)CC(C)=O.OCCSCCO. The van der Waals surface area contributed by atoms with E-state index < -0.39 is 5.97 Å². The van der Waals surface area contributed by atoms with E-state index in [1.165, 1.54) is 6.92 Å². The molecule has 0 aliphatic carbocycles. The number of aliphatic hydroxyl groups is 2. The summed E-state index contributed by atoms with van der Waals surface area (Å²) in [5.74, 6) is 0.875. The molecule has 6 heteroatoms. The Hall–Kier alpha value is -0.590. The lowest BCUT2D eigenvalue weighted by molar-refractivity contribution is -0.145. The lowest BCUT2D eigenvalue weighted by Gasteiger charge is -1.96. The van der Waals surface area contributed by atoms with Crippen molar-refractivity contribution in [1.82, 2.24) is 0 Å². The Kier molecular flexibility index (Phi) is 16.0.